The lowest BCUT2D eigenvalue weighted by Gasteiger charge is -2.27. The summed E-state index contributed by atoms with van der Waals surface area (Å²) in [5, 5.41) is 5.37. The highest BCUT2D eigenvalue weighted by Crippen LogP contribution is 2.34. The van der Waals surface area contributed by atoms with Gasteiger partial charge in [0.2, 0.25) is 0 Å². The molecule has 0 aliphatic rings. The lowest BCUT2D eigenvalue weighted by Crippen LogP contribution is -2.43. The van der Waals surface area contributed by atoms with Crippen molar-refractivity contribution in [2.45, 2.75) is 32.0 Å². The number of amides is 1. The fraction of sp³-hybridized carbons (Fsp3) is 0.375. The molecule has 1 atom stereocenters. The van der Waals surface area contributed by atoms with Crippen molar-refractivity contribution < 1.29 is 22.7 Å². The predicted molar refractivity (Wildman–Crippen MR) is 85.2 cm³/mol. The van der Waals surface area contributed by atoms with Crippen molar-refractivity contribution in [3.05, 3.63) is 45.9 Å². The Morgan fingerprint density at radius 1 is 1.38 bits per heavy atom. The van der Waals surface area contributed by atoms with Crippen molar-refractivity contribution in [3.8, 4) is 5.75 Å². The molecule has 24 heavy (non-hydrogen) atoms. The van der Waals surface area contributed by atoms with E-state index in [1.807, 2.05) is 13.8 Å². The van der Waals surface area contributed by atoms with Gasteiger partial charge in [0.15, 0.2) is 0 Å². The zero-order valence-corrected chi connectivity index (χ0v) is 14.2. The van der Waals surface area contributed by atoms with E-state index in [9.17, 15) is 18.0 Å². The second-order valence-electron chi connectivity index (χ2n) is 5.39. The van der Waals surface area contributed by atoms with Crippen LogP contribution in [-0.2, 0) is 11.7 Å². The van der Waals surface area contributed by atoms with Crippen LogP contribution in [0, 0.1) is 0 Å². The van der Waals surface area contributed by atoms with Crippen molar-refractivity contribution >= 4 is 17.2 Å². The van der Waals surface area contributed by atoms with Crippen molar-refractivity contribution in [1.82, 2.24) is 10.3 Å². The van der Waals surface area contributed by atoms with Gasteiger partial charge in [-0.1, -0.05) is 6.92 Å². The molecule has 1 aromatic heterocycles. The number of thiazole rings is 1. The summed E-state index contributed by atoms with van der Waals surface area (Å²) in [6, 6.07) is 2.81. The number of carbonyl (C=O) groups excluding carboxylic acids is 1. The Kier molecular flexibility index (Phi) is 5.17. The van der Waals surface area contributed by atoms with E-state index in [0.717, 1.165) is 23.2 Å². The quantitative estimate of drug-likeness (QED) is 0.870. The first-order chi connectivity index (χ1) is 11.2. The van der Waals surface area contributed by atoms with E-state index in [1.54, 1.807) is 11.6 Å². The van der Waals surface area contributed by atoms with Crippen LogP contribution in [0.15, 0.2) is 29.8 Å². The fourth-order valence-corrected chi connectivity index (χ4v) is 2.99. The Hall–Kier alpha value is -2.09. The first-order valence-electron chi connectivity index (χ1n) is 7.19. The molecule has 1 amide bonds. The fourth-order valence-electron chi connectivity index (χ4n) is 2.16. The van der Waals surface area contributed by atoms with Crippen LogP contribution in [0.5, 0.6) is 5.75 Å². The monoisotopic (exact) mass is 358 g/mol. The second kappa shape index (κ2) is 6.80. The summed E-state index contributed by atoms with van der Waals surface area (Å²) in [5.74, 6) is -0.639. The van der Waals surface area contributed by atoms with E-state index in [2.05, 4.69) is 10.3 Å². The number of benzene rings is 1. The maximum Gasteiger partial charge on any atom is 0.416 e. The van der Waals surface area contributed by atoms with Crippen LogP contribution < -0.4 is 10.1 Å². The zero-order chi connectivity index (χ0) is 18.0. The lowest BCUT2D eigenvalue weighted by atomic mass is 9.98. The topological polar surface area (TPSA) is 51.2 Å². The largest absolute Gasteiger partial charge is 0.496 e. The van der Waals surface area contributed by atoms with E-state index >= 15 is 0 Å². The molecule has 0 spiro atoms. The molecule has 1 N–H and O–H groups in total. The van der Waals surface area contributed by atoms with Gasteiger partial charge in [-0.15, -0.1) is 11.3 Å². The molecule has 0 saturated carbocycles. The number of hydrogen-bond acceptors (Lipinski definition) is 4. The molecule has 0 fully saturated rings. The van der Waals surface area contributed by atoms with E-state index < -0.39 is 23.2 Å². The molecule has 1 unspecified atom stereocenters. The molecular formula is C16H17F3N2O2S. The van der Waals surface area contributed by atoms with Gasteiger partial charge in [0.1, 0.15) is 10.8 Å². The van der Waals surface area contributed by atoms with Gasteiger partial charge >= 0.3 is 6.18 Å². The minimum Gasteiger partial charge on any atom is -0.496 e. The van der Waals surface area contributed by atoms with Gasteiger partial charge in [-0.3, -0.25) is 4.79 Å². The molecule has 2 aromatic rings. The molecule has 8 heteroatoms. The van der Waals surface area contributed by atoms with Crippen LogP contribution in [0.1, 0.15) is 41.2 Å². The van der Waals surface area contributed by atoms with Gasteiger partial charge in [-0.25, -0.2) is 4.98 Å². The van der Waals surface area contributed by atoms with Gasteiger partial charge in [0.05, 0.1) is 23.8 Å². The Labute approximate surface area is 141 Å². The van der Waals surface area contributed by atoms with E-state index in [1.165, 1.54) is 18.4 Å². The first-order valence-corrected chi connectivity index (χ1v) is 8.07. The van der Waals surface area contributed by atoms with E-state index in [0.29, 0.717) is 6.42 Å². The van der Waals surface area contributed by atoms with Crippen LogP contribution in [0.2, 0.25) is 0 Å². The Morgan fingerprint density at radius 2 is 2.08 bits per heavy atom. The van der Waals surface area contributed by atoms with Gasteiger partial charge in [-0.05, 0) is 31.5 Å². The number of ether oxygens (including phenoxy) is 1. The predicted octanol–water partition coefficient (Wildman–Crippen LogP) is 4.23. The lowest BCUT2D eigenvalue weighted by molar-refractivity contribution is -0.137. The van der Waals surface area contributed by atoms with Crippen molar-refractivity contribution in [2.24, 2.45) is 0 Å². The number of halogens is 3. The van der Waals surface area contributed by atoms with E-state index in [4.69, 9.17) is 4.74 Å². The Bertz CT molecular complexity index is 717. The number of carbonyl (C=O) groups is 1. The van der Waals surface area contributed by atoms with Crippen LogP contribution in [0.25, 0.3) is 0 Å². The van der Waals surface area contributed by atoms with E-state index in [-0.39, 0.29) is 11.3 Å². The number of rotatable bonds is 5. The average molecular weight is 358 g/mol. The molecule has 130 valence electrons. The highest BCUT2D eigenvalue weighted by Gasteiger charge is 2.33. The van der Waals surface area contributed by atoms with Gasteiger partial charge in [0.25, 0.3) is 5.91 Å². The highest BCUT2D eigenvalue weighted by molar-refractivity contribution is 7.09. The summed E-state index contributed by atoms with van der Waals surface area (Å²) < 4.78 is 43.3. The average Bonchev–Trinajstić information content (AvgIpc) is 3.08. The maximum absolute atomic E-state index is 12.8. The molecule has 2 rings (SSSR count). The van der Waals surface area contributed by atoms with Gasteiger partial charge in [0, 0.05) is 11.6 Å². The number of nitrogens with zero attached hydrogens (tertiary/aromatic N) is 1. The first kappa shape index (κ1) is 18.3. The summed E-state index contributed by atoms with van der Waals surface area (Å²) in [6.07, 6.45) is -2.28. The van der Waals surface area contributed by atoms with Gasteiger partial charge in [-0.2, -0.15) is 13.2 Å². The SMILES string of the molecule is CCC(C)(NC(=O)c1ccc(C(F)(F)F)cc1OC)c1nccs1. The standard InChI is InChI=1S/C16H17F3N2O2S/c1-4-15(2,14-20-7-8-24-14)21-13(22)11-6-5-10(16(17,18)19)9-12(11)23-3/h5-9H,4H2,1-3H3,(H,21,22). The molecule has 0 aliphatic carbocycles. The molecular weight excluding hydrogens is 341 g/mol. The second-order valence-corrected chi connectivity index (χ2v) is 6.28. The van der Waals surface area contributed by atoms with Crippen molar-refractivity contribution in [1.29, 1.82) is 0 Å². The third-order valence-corrected chi connectivity index (χ3v) is 4.81. The summed E-state index contributed by atoms with van der Waals surface area (Å²) in [6.45, 7) is 3.71. The minimum absolute atomic E-state index is 0.0433. The number of alkyl halides is 3. The normalized spacial score (nSPS) is 14.1. The smallest absolute Gasteiger partial charge is 0.416 e. The Morgan fingerprint density at radius 3 is 2.58 bits per heavy atom. The van der Waals surface area contributed by atoms with Crippen molar-refractivity contribution in [3.63, 3.8) is 0 Å². The Balaban J connectivity index is 2.32. The molecule has 0 bridgehead atoms. The van der Waals surface area contributed by atoms with Gasteiger partial charge < -0.3 is 10.1 Å². The summed E-state index contributed by atoms with van der Waals surface area (Å²) >= 11 is 1.40. The summed E-state index contributed by atoms with van der Waals surface area (Å²) in [7, 11) is 1.23. The van der Waals surface area contributed by atoms with Crippen molar-refractivity contribution in [2.75, 3.05) is 7.11 Å². The summed E-state index contributed by atoms with van der Waals surface area (Å²) in [5.41, 5.74) is -1.53. The molecule has 0 aliphatic heterocycles. The third kappa shape index (κ3) is 3.69. The molecule has 0 radical (unpaired) electrons. The summed E-state index contributed by atoms with van der Waals surface area (Å²) in [4.78, 5) is 16.8. The zero-order valence-electron chi connectivity index (χ0n) is 13.4. The number of nitrogens with one attached hydrogen (secondary N) is 1. The highest BCUT2D eigenvalue weighted by atomic mass is 32.1. The molecule has 0 saturated heterocycles. The number of aromatic nitrogens is 1. The number of hydrogen-bond donors (Lipinski definition) is 1. The van der Waals surface area contributed by atoms with Crippen LogP contribution >= 0.6 is 11.3 Å². The third-order valence-electron chi connectivity index (χ3n) is 3.77. The molecule has 1 aromatic carbocycles. The van der Waals surface area contributed by atoms with Crippen LogP contribution in [0.3, 0.4) is 0 Å². The molecule has 4 nitrogen and oxygen atoms in total. The number of methoxy groups -OCH3 is 1. The van der Waals surface area contributed by atoms with Crippen LogP contribution in [0.4, 0.5) is 13.2 Å². The maximum atomic E-state index is 12.8. The van der Waals surface area contributed by atoms with Crippen LogP contribution in [-0.4, -0.2) is 18.0 Å². The molecule has 1 heterocycles. The minimum atomic E-state index is -4.50.